The van der Waals surface area contributed by atoms with Crippen LogP contribution in [0.5, 0.6) is 0 Å². The van der Waals surface area contributed by atoms with Gasteiger partial charge in [0.2, 0.25) is 0 Å². The van der Waals surface area contributed by atoms with Gasteiger partial charge in [0.15, 0.2) is 0 Å². The fourth-order valence-electron chi connectivity index (χ4n) is 1.92. The summed E-state index contributed by atoms with van der Waals surface area (Å²) in [4.78, 5) is 11.7. The van der Waals surface area contributed by atoms with Crippen molar-refractivity contribution < 1.29 is 5.11 Å². The van der Waals surface area contributed by atoms with Gasteiger partial charge in [-0.2, -0.15) is 5.10 Å². The molecule has 0 atom stereocenters. The van der Waals surface area contributed by atoms with Crippen LogP contribution in [-0.2, 0) is 12.0 Å². The predicted octanol–water partition coefficient (Wildman–Crippen LogP) is 2.23. The molecule has 0 spiro atoms. The molecule has 0 amide bonds. The van der Waals surface area contributed by atoms with Gasteiger partial charge in [0.25, 0.3) is 5.56 Å². The monoisotopic (exact) mass is 258 g/mol. The third-order valence-electron chi connectivity index (χ3n) is 3.12. The van der Waals surface area contributed by atoms with E-state index in [9.17, 15) is 9.90 Å². The fraction of sp³-hybridized carbons (Fsp3) is 0.333. The third-order valence-corrected chi connectivity index (χ3v) is 3.12. The number of hydrogen-bond donors (Lipinski definition) is 2. The maximum absolute atomic E-state index is 11.7. The second kappa shape index (κ2) is 4.97. The number of aromatic amines is 1. The molecule has 2 N–H and O–H groups in total. The summed E-state index contributed by atoms with van der Waals surface area (Å²) in [5.74, 6) is 0. The molecule has 19 heavy (non-hydrogen) atoms. The van der Waals surface area contributed by atoms with Gasteiger partial charge in [-0.25, -0.2) is 5.10 Å². The summed E-state index contributed by atoms with van der Waals surface area (Å²) in [5.41, 5.74) is 1.59. The Kier molecular flexibility index (Phi) is 3.53. The molecular weight excluding hydrogens is 240 g/mol. The van der Waals surface area contributed by atoms with Crippen molar-refractivity contribution in [1.29, 1.82) is 0 Å². The lowest BCUT2D eigenvalue weighted by atomic mass is 9.98. The van der Waals surface area contributed by atoms with Crippen LogP contribution < -0.4 is 5.56 Å². The smallest absolute Gasteiger partial charge is 0.270 e. The molecule has 1 aromatic carbocycles. The number of nitrogens with zero attached hydrogens (tertiary/aromatic N) is 1. The topological polar surface area (TPSA) is 66.0 Å². The van der Waals surface area contributed by atoms with Crippen LogP contribution in [0.4, 0.5) is 0 Å². The zero-order chi connectivity index (χ0) is 14.0. The van der Waals surface area contributed by atoms with Crippen molar-refractivity contribution in [2.45, 2.75) is 32.8 Å². The minimum Gasteiger partial charge on any atom is -0.386 e. The summed E-state index contributed by atoms with van der Waals surface area (Å²) >= 11 is 0. The standard InChI is InChI=1S/C15H18N2O2/c1-4-10-5-7-11(8-6-10)13-9-12(15(2,3)19)14(18)17-16-13/h5-9,19H,4H2,1-3H3,(H,17,18). The molecule has 1 heterocycles. The van der Waals surface area contributed by atoms with Crippen molar-refractivity contribution >= 4 is 0 Å². The normalized spacial score (nSPS) is 11.6. The second-order valence-electron chi connectivity index (χ2n) is 5.11. The summed E-state index contributed by atoms with van der Waals surface area (Å²) in [6, 6.07) is 9.64. The molecule has 0 aliphatic heterocycles. The van der Waals surface area contributed by atoms with Gasteiger partial charge in [0.1, 0.15) is 0 Å². The van der Waals surface area contributed by atoms with E-state index in [1.165, 1.54) is 5.56 Å². The quantitative estimate of drug-likeness (QED) is 0.887. The Balaban J connectivity index is 2.48. The Labute approximate surface area is 112 Å². The van der Waals surface area contributed by atoms with Crippen LogP contribution in [0.3, 0.4) is 0 Å². The molecular formula is C15H18N2O2. The minimum absolute atomic E-state index is 0.317. The Bertz CT molecular complexity index is 622. The number of nitrogens with one attached hydrogen (secondary N) is 1. The Hall–Kier alpha value is -1.94. The average molecular weight is 258 g/mol. The summed E-state index contributed by atoms with van der Waals surface area (Å²) in [6.45, 7) is 5.27. The number of rotatable bonds is 3. The highest BCUT2D eigenvalue weighted by Crippen LogP contribution is 2.21. The molecule has 2 rings (SSSR count). The van der Waals surface area contributed by atoms with Gasteiger partial charge in [-0.05, 0) is 31.9 Å². The van der Waals surface area contributed by atoms with Gasteiger partial charge in [0.05, 0.1) is 16.9 Å². The van der Waals surface area contributed by atoms with Crippen LogP contribution >= 0.6 is 0 Å². The predicted molar refractivity (Wildman–Crippen MR) is 74.9 cm³/mol. The molecule has 0 bridgehead atoms. The third kappa shape index (κ3) is 2.90. The molecule has 4 heteroatoms. The maximum atomic E-state index is 11.7. The van der Waals surface area contributed by atoms with Gasteiger partial charge >= 0.3 is 0 Å². The van der Waals surface area contributed by atoms with E-state index in [4.69, 9.17) is 0 Å². The second-order valence-corrected chi connectivity index (χ2v) is 5.11. The van der Waals surface area contributed by atoms with E-state index >= 15 is 0 Å². The summed E-state index contributed by atoms with van der Waals surface area (Å²) in [6.07, 6.45) is 0.980. The van der Waals surface area contributed by atoms with Gasteiger partial charge in [0, 0.05) is 5.56 Å². The molecule has 100 valence electrons. The lowest BCUT2D eigenvalue weighted by Gasteiger charge is -2.16. The number of H-pyrrole nitrogens is 1. The number of aromatic nitrogens is 2. The molecule has 4 nitrogen and oxygen atoms in total. The van der Waals surface area contributed by atoms with E-state index in [-0.39, 0.29) is 5.56 Å². The highest BCUT2D eigenvalue weighted by Gasteiger charge is 2.21. The van der Waals surface area contributed by atoms with Gasteiger partial charge in [-0.15, -0.1) is 0 Å². The highest BCUT2D eigenvalue weighted by atomic mass is 16.3. The van der Waals surface area contributed by atoms with E-state index in [2.05, 4.69) is 17.1 Å². The van der Waals surface area contributed by atoms with E-state index in [1.54, 1.807) is 19.9 Å². The van der Waals surface area contributed by atoms with E-state index in [0.29, 0.717) is 11.3 Å². The molecule has 1 aromatic heterocycles. The molecule has 0 radical (unpaired) electrons. The minimum atomic E-state index is -1.19. The number of benzene rings is 1. The average Bonchev–Trinajstić information content (AvgIpc) is 2.38. The van der Waals surface area contributed by atoms with Crippen molar-refractivity contribution in [2.24, 2.45) is 0 Å². The molecule has 0 saturated carbocycles. The fourth-order valence-corrected chi connectivity index (χ4v) is 1.92. The van der Waals surface area contributed by atoms with E-state index in [1.807, 2.05) is 24.3 Å². The lowest BCUT2D eigenvalue weighted by molar-refractivity contribution is 0.0769. The Morgan fingerprint density at radius 3 is 2.42 bits per heavy atom. The van der Waals surface area contributed by atoms with Crippen LogP contribution in [0.15, 0.2) is 35.1 Å². The first kappa shape index (κ1) is 13.5. The van der Waals surface area contributed by atoms with Gasteiger partial charge in [-0.1, -0.05) is 31.2 Å². The van der Waals surface area contributed by atoms with Crippen molar-refractivity contribution in [2.75, 3.05) is 0 Å². The zero-order valence-corrected chi connectivity index (χ0v) is 11.4. The van der Waals surface area contributed by atoms with Crippen molar-refractivity contribution in [3.63, 3.8) is 0 Å². The van der Waals surface area contributed by atoms with E-state index in [0.717, 1.165) is 12.0 Å². The zero-order valence-electron chi connectivity index (χ0n) is 11.4. The molecule has 2 aromatic rings. The number of aryl methyl sites for hydroxylation is 1. The first-order chi connectivity index (χ1) is 8.91. The Morgan fingerprint density at radius 2 is 1.89 bits per heavy atom. The molecule has 0 fully saturated rings. The molecule has 0 aliphatic rings. The van der Waals surface area contributed by atoms with Crippen LogP contribution in [0, 0.1) is 0 Å². The van der Waals surface area contributed by atoms with Gasteiger partial charge in [-0.3, -0.25) is 4.79 Å². The lowest BCUT2D eigenvalue weighted by Crippen LogP contribution is -2.27. The first-order valence-electron chi connectivity index (χ1n) is 6.33. The highest BCUT2D eigenvalue weighted by molar-refractivity contribution is 5.59. The van der Waals surface area contributed by atoms with Crippen molar-refractivity contribution in [1.82, 2.24) is 10.2 Å². The number of aliphatic hydroxyl groups is 1. The van der Waals surface area contributed by atoms with Crippen LogP contribution in [-0.4, -0.2) is 15.3 Å². The molecule has 0 saturated heterocycles. The van der Waals surface area contributed by atoms with Gasteiger partial charge < -0.3 is 5.11 Å². The SMILES string of the molecule is CCc1ccc(-c2cc(C(C)(C)O)c(=O)[nH]n2)cc1. The van der Waals surface area contributed by atoms with Crippen LogP contribution in [0.1, 0.15) is 31.9 Å². The van der Waals surface area contributed by atoms with Crippen LogP contribution in [0.2, 0.25) is 0 Å². The number of hydrogen-bond acceptors (Lipinski definition) is 3. The van der Waals surface area contributed by atoms with Crippen LogP contribution in [0.25, 0.3) is 11.3 Å². The first-order valence-corrected chi connectivity index (χ1v) is 6.33. The van der Waals surface area contributed by atoms with Crippen molar-refractivity contribution in [3.05, 3.63) is 51.8 Å². The Morgan fingerprint density at radius 1 is 1.26 bits per heavy atom. The summed E-state index contributed by atoms with van der Waals surface area (Å²) in [5, 5.41) is 16.4. The summed E-state index contributed by atoms with van der Waals surface area (Å²) in [7, 11) is 0. The van der Waals surface area contributed by atoms with Crippen molar-refractivity contribution in [3.8, 4) is 11.3 Å². The maximum Gasteiger partial charge on any atom is 0.270 e. The largest absolute Gasteiger partial charge is 0.386 e. The molecule has 0 aliphatic carbocycles. The van der Waals surface area contributed by atoms with E-state index < -0.39 is 5.60 Å². The summed E-state index contributed by atoms with van der Waals surface area (Å²) < 4.78 is 0. The molecule has 0 unspecified atom stereocenters.